The molecule has 0 saturated heterocycles. The minimum absolute atomic E-state index is 0.0322. The Labute approximate surface area is 204 Å². The fourth-order valence-electron chi connectivity index (χ4n) is 3.66. The third-order valence-electron chi connectivity index (χ3n) is 5.38. The van der Waals surface area contributed by atoms with Crippen LogP contribution in [-0.2, 0) is 9.59 Å². The summed E-state index contributed by atoms with van der Waals surface area (Å²) in [6.07, 6.45) is 2.06. The Hall–Kier alpha value is -4.01. The third-order valence-corrected chi connectivity index (χ3v) is 5.38. The fourth-order valence-corrected chi connectivity index (χ4v) is 3.66. The molecule has 9 heteroatoms. The largest absolute Gasteiger partial charge is 0.493 e. The van der Waals surface area contributed by atoms with Crippen molar-refractivity contribution in [2.45, 2.75) is 39.2 Å². The second kappa shape index (κ2) is 11.9. The number of carboxylic acids is 2. The van der Waals surface area contributed by atoms with Crippen LogP contribution in [0.5, 0.6) is 11.5 Å². The van der Waals surface area contributed by atoms with Gasteiger partial charge >= 0.3 is 11.9 Å². The number of carbonyl (C=O) groups is 3. The van der Waals surface area contributed by atoms with Crippen molar-refractivity contribution in [3.8, 4) is 11.5 Å². The standard InChI is InChI=1S/C26H30N2O7/c1-17(2)6-5-15-34-19-12-10-18(11-13-19)25(31)27-20-7-3-8-21-24(20)35-22(26(32)33)16-28(21)14-4-9-23(29)30/h3,6-8,10-13,22H,4-5,9,14-16H2,1-2H3,(H,27,31)(H,29,30)(H,32,33). The highest BCUT2D eigenvalue weighted by Gasteiger charge is 2.32. The van der Waals surface area contributed by atoms with Gasteiger partial charge in [-0.3, -0.25) is 9.59 Å². The van der Waals surface area contributed by atoms with Crippen molar-refractivity contribution in [3.05, 3.63) is 59.7 Å². The number of benzene rings is 2. The van der Waals surface area contributed by atoms with Gasteiger partial charge in [0.2, 0.25) is 6.10 Å². The lowest BCUT2D eigenvalue weighted by Crippen LogP contribution is -2.45. The summed E-state index contributed by atoms with van der Waals surface area (Å²) in [6, 6.07) is 11.9. The number of hydrogen-bond donors (Lipinski definition) is 3. The van der Waals surface area contributed by atoms with Gasteiger partial charge in [0.05, 0.1) is 24.5 Å². The maximum absolute atomic E-state index is 12.9. The highest BCUT2D eigenvalue weighted by atomic mass is 16.5. The van der Waals surface area contributed by atoms with Crippen molar-refractivity contribution < 1.29 is 34.1 Å². The normalized spacial score (nSPS) is 14.3. The fraction of sp³-hybridized carbons (Fsp3) is 0.346. The van der Waals surface area contributed by atoms with Crippen molar-refractivity contribution in [2.75, 3.05) is 29.9 Å². The van der Waals surface area contributed by atoms with E-state index in [-0.39, 0.29) is 24.6 Å². The number of fused-ring (bicyclic) bond motifs is 1. The number of carboxylic acid groups (broad SMARTS) is 2. The van der Waals surface area contributed by atoms with E-state index in [0.29, 0.717) is 42.3 Å². The smallest absolute Gasteiger partial charge is 0.346 e. The van der Waals surface area contributed by atoms with E-state index in [0.717, 1.165) is 6.42 Å². The number of anilines is 2. The van der Waals surface area contributed by atoms with Crippen LogP contribution in [0.3, 0.4) is 0 Å². The predicted octanol–water partition coefficient (Wildman–Crippen LogP) is 4.19. The quantitative estimate of drug-likeness (QED) is 0.322. The summed E-state index contributed by atoms with van der Waals surface area (Å²) in [5.41, 5.74) is 2.57. The van der Waals surface area contributed by atoms with Gasteiger partial charge in [-0.25, -0.2) is 4.79 Å². The molecule has 2 aromatic rings. The van der Waals surface area contributed by atoms with Gasteiger partial charge in [-0.2, -0.15) is 0 Å². The molecule has 0 aromatic heterocycles. The third kappa shape index (κ3) is 7.23. The molecule has 3 rings (SSSR count). The number of nitrogens with one attached hydrogen (secondary N) is 1. The number of aliphatic carboxylic acids is 2. The van der Waals surface area contributed by atoms with Crippen molar-refractivity contribution >= 4 is 29.2 Å². The van der Waals surface area contributed by atoms with Crippen LogP contribution in [0, 0.1) is 0 Å². The van der Waals surface area contributed by atoms with E-state index >= 15 is 0 Å². The molecule has 0 bridgehead atoms. The molecule has 35 heavy (non-hydrogen) atoms. The van der Waals surface area contributed by atoms with Crippen LogP contribution in [0.25, 0.3) is 0 Å². The number of para-hydroxylation sites is 1. The van der Waals surface area contributed by atoms with Crippen LogP contribution in [-0.4, -0.2) is 53.9 Å². The average Bonchev–Trinajstić information content (AvgIpc) is 2.82. The molecule has 9 nitrogen and oxygen atoms in total. The van der Waals surface area contributed by atoms with Gasteiger partial charge in [-0.1, -0.05) is 17.7 Å². The molecular weight excluding hydrogens is 452 g/mol. The Morgan fingerprint density at radius 3 is 2.54 bits per heavy atom. The van der Waals surface area contributed by atoms with E-state index < -0.39 is 18.0 Å². The van der Waals surface area contributed by atoms with Gasteiger partial charge in [0.25, 0.3) is 5.91 Å². The van der Waals surface area contributed by atoms with Crippen LogP contribution >= 0.6 is 0 Å². The van der Waals surface area contributed by atoms with Crippen LogP contribution < -0.4 is 19.7 Å². The summed E-state index contributed by atoms with van der Waals surface area (Å²) >= 11 is 0. The Bertz CT molecular complexity index is 1090. The number of ether oxygens (including phenoxy) is 2. The van der Waals surface area contributed by atoms with E-state index in [1.165, 1.54) is 5.57 Å². The number of nitrogens with zero attached hydrogens (tertiary/aromatic N) is 1. The molecule has 0 aliphatic carbocycles. The van der Waals surface area contributed by atoms with Crippen LogP contribution in [0.1, 0.15) is 43.5 Å². The minimum Gasteiger partial charge on any atom is -0.493 e. The molecule has 1 aliphatic rings. The molecule has 0 saturated carbocycles. The van der Waals surface area contributed by atoms with Crippen LogP contribution in [0.2, 0.25) is 0 Å². The summed E-state index contributed by atoms with van der Waals surface area (Å²) < 4.78 is 11.4. The van der Waals surface area contributed by atoms with E-state index in [9.17, 15) is 19.5 Å². The van der Waals surface area contributed by atoms with Gasteiger partial charge in [0, 0.05) is 18.5 Å². The number of hydrogen-bond acceptors (Lipinski definition) is 6. The highest BCUT2D eigenvalue weighted by Crippen LogP contribution is 2.40. The molecule has 186 valence electrons. The first-order valence-corrected chi connectivity index (χ1v) is 11.4. The first-order chi connectivity index (χ1) is 16.7. The number of carbonyl (C=O) groups excluding carboxylic acids is 1. The minimum atomic E-state index is -1.15. The zero-order valence-corrected chi connectivity index (χ0v) is 19.8. The number of allylic oxidation sites excluding steroid dienone is 1. The number of rotatable bonds is 11. The molecule has 0 radical (unpaired) electrons. The van der Waals surface area contributed by atoms with Gasteiger partial charge < -0.3 is 29.9 Å². The zero-order chi connectivity index (χ0) is 25.4. The van der Waals surface area contributed by atoms with Crippen molar-refractivity contribution in [2.24, 2.45) is 0 Å². The second-order valence-electron chi connectivity index (χ2n) is 8.44. The molecule has 1 atom stereocenters. The Balaban J connectivity index is 1.72. The second-order valence-corrected chi connectivity index (χ2v) is 8.44. The molecule has 2 aromatic carbocycles. The van der Waals surface area contributed by atoms with Gasteiger partial charge in [-0.05, 0) is 63.1 Å². The molecule has 0 spiro atoms. The van der Waals surface area contributed by atoms with E-state index in [1.807, 2.05) is 13.8 Å². The van der Waals surface area contributed by atoms with Crippen LogP contribution in [0.4, 0.5) is 11.4 Å². The summed E-state index contributed by atoms with van der Waals surface area (Å²) in [7, 11) is 0. The van der Waals surface area contributed by atoms with Crippen LogP contribution in [0.15, 0.2) is 54.1 Å². The molecular formula is C26H30N2O7. The first kappa shape index (κ1) is 25.6. The lowest BCUT2D eigenvalue weighted by molar-refractivity contribution is -0.145. The lowest BCUT2D eigenvalue weighted by Gasteiger charge is -2.35. The average molecular weight is 483 g/mol. The van der Waals surface area contributed by atoms with Gasteiger partial charge in [0.15, 0.2) is 5.75 Å². The van der Waals surface area contributed by atoms with Gasteiger partial charge in [0.1, 0.15) is 5.75 Å². The molecule has 0 fully saturated rings. The highest BCUT2D eigenvalue weighted by molar-refractivity contribution is 6.05. The maximum atomic E-state index is 12.9. The Morgan fingerprint density at radius 1 is 1.14 bits per heavy atom. The van der Waals surface area contributed by atoms with Crippen molar-refractivity contribution in [3.63, 3.8) is 0 Å². The lowest BCUT2D eigenvalue weighted by atomic mass is 10.1. The van der Waals surface area contributed by atoms with E-state index in [2.05, 4.69) is 11.4 Å². The van der Waals surface area contributed by atoms with E-state index in [4.69, 9.17) is 14.6 Å². The summed E-state index contributed by atoms with van der Waals surface area (Å²) in [5, 5.41) is 21.3. The summed E-state index contributed by atoms with van der Waals surface area (Å²) in [4.78, 5) is 37.2. The number of amides is 1. The Kier molecular flexibility index (Phi) is 8.72. The molecule has 1 aliphatic heterocycles. The maximum Gasteiger partial charge on any atom is 0.346 e. The topological polar surface area (TPSA) is 125 Å². The molecule has 1 unspecified atom stereocenters. The molecule has 1 amide bonds. The summed E-state index contributed by atoms with van der Waals surface area (Å²) in [6.45, 7) is 5.02. The van der Waals surface area contributed by atoms with Gasteiger partial charge in [-0.15, -0.1) is 0 Å². The summed E-state index contributed by atoms with van der Waals surface area (Å²) in [5.74, 6) is -1.54. The monoisotopic (exact) mass is 482 g/mol. The predicted molar refractivity (Wildman–Crippen MR) is 132 cm³/mol. The van der Waals surface area contributed by atoms with Crippen molar-refractivity contribution in [1.82, 2.24) is 0 Å². The zero-order valence-electron chi connectivity index (χ0n) is 19.8. The van der Waals surface area contributed by atoms with E-state index in [1.54, 1.807) is 47.4 Å². The molecule has 1 heterocycles. The first-order valence-electron chi connectivity index (χ1n) is 11.4. The molecule has 3 N–H and O–H groups in total. The van der Waals surface area contributed by atoms with Crippen molar-refractivity contribution in [1.29, 1.82) is 0 Å². The Morgan fingerprint density at radius 2 is 1.89 bits per heavy atom. The SMILES string of the molecule is CC(C)=CCCOc1ccc(C(=O)Nc2cccc3c2OC(C(=O)O)CN3CCCC(=O)O)cc1.